The number of aryl methyl sites for hydroxylation is 1. The molecule has 2 aromatic heterocycles. The molecular formula is C21H18N6O3S2. The van der Waals surface area contributed by atoms with Gasteiger partial charge >= 0.3 is 0 Å². The van der Waals surface area contributed by atoms with Crippen LogP contribution in [0.3, 0.4) is 0 Å². The van der Waals surface area contributed by atoms with Gasteiger partial charge in [-0.1, -0.05) is 35.6 Å². The second kappa shape index (κ2) is 8.52. The molecule has 1 aliphatic heterocycles. The van der Waals surface area contributed by atoms with Gasteiger partial charge in [0.15, 0.2) is 22.4 Å². The maximum atomic E-state index is 12.5. The van der Waals surface area contributed by atoms with Crippen LogP contribution in [0.5, 0.6) is 11.5 Å². The smallest absolute Gasteiger partial charge is 0.257 e. The van der Waals surface area contributed by atoms with Gasteiger partial charge in [0.2, 0.25) is 4.96 Å². The van der Waals surface area contributed by atoms with E-state index in [2.05, 4.69) is 25.9 Å². The van der Waals surface area contributed by atoms with Crippen molar-refractivity contribution in [3.05, 3.63) is 59.4 Å². The van der Waals surface area contributed by atoms with Crippen LogP contribution in [0.15, 0.2) is 42.5 Å². The van der Waals surface area contributed by atoms with Gasteiger partial charge in [0.05, 0.1) is 0 Å². The summed E-state index contributed by atoms with van der Waals surface area (Å²) < 4.78 is 12.7. The molecule has 0 aliphatic carbocycles. The number of nitrogens with zero attached hydrogens (tertiary/aromatic N) is 4. The van der Waals surface area contributed by atoms with Crippen molar-refractivity contribution in [2.75, 3.05) is 13.2 Å². The first-order valence-electron chi connectivity index (χ1n) is 9.84. The molecule has 2 N–H and O–H groups in total. The Kier molecular flexibility index (Phi) is 5.41. The number of ether oxygens (including phenoxy) is 2. The summed E-state index contributed by atoms with van der Waals surface area (Å²) in [5.41, 5.74) is 2.46. The van der Waals surface area contributed by atoms with Crippen molar-refractivity contribution in [2.45, 2.75) is 13.5 Å². The molecule has 162 valence electrons. The highest BCUT2D eigenvalue weighted by Gasteiger charge is 2.16. The van der Waals surface area contributed by atoms with E-state index in [4.69, 9.17) is 21.7 Å². The average Bonchev–Trinajstić information content (AvgIpc) is 3.39. The fourth-order valence-corrected chi connectivity index (χ4v) is 4.24. The van der Waals surface area contributed by atoms with E-state index in [9.17, 15) is 4.79 Å². The number of carbonyl (C=O) groups excluding carboxylic acids is 1. The molecule has 0 bridgehead atoms. The second-order valence-electron chi connectivity index (χ2n) is 7.04. The number of amides is 1. The van der Waals surface area contributed by atoms with Crippen LogP contribution in [0.25, 0.3) is 15.5 Å². The fourth-order valence-electron chi connectivity index (χ4n) is 3.18. The van der Waals surface area contributed by atoms with Crippen LogP contribution in [0.2, 0.25) is 0 Å². The predicted molar refractivity (Wildman–Crippen MR) is 123 cm³/mol. The minimum Gasteiger partial charge on any atom is -0.486 e. The molecule has 0 radical (unpaired) electrons. The minimum absolute atomic E-state index is 0.248. The molecule has 9 nitrogen and oxygen atoms in total. The number of nitrogens with one attached hydrogen (secondary N) is 2. The van der Waals surface area contributed by atoms with Gasteiger partial charge in [0.1, 0.15) is 18.2 Å². The Balaban J connectivity index is 1.17. The molecule has 3 heterocycles. The monoisotopic (exact) mass is 466 g/mol. The molecule has 0 fully saturated rings. The van der Waals surface area contributed by atoms with Gasteiger partial charge < -0.3 is 14.8 Å². The molecule has 0 saturated carbocycles. The lowest BCUT2D eigenvalue weighted by molar-refractivity contribution is 0.0975. The first-order valence-corrected chi connectivity index (χ1v) is 11.1. The van der Waals surface area contributed by atoms with Crippen molar-refractivity contribution >= 4 is 39.5 Å². The number of rotatable bonds is 4. The average molecular weight is 467 g/mol. The molecule has 2 aromatic carbocycles. The number of aromatic nitrogens is 4. The van der Waals surface area contributed by atoms with E-state index in [1.165, 1.54) is 11.3 Å². The lowest BCUT2D eigenvalue weighted by Crippen LogP contribution is -2.38. The maximum Gasteiger partial charge on any atom is 0.257 e. The topological polar surface area (TPSA) is 103 Å². The Morgan fingerprint density at radius 2 is 1.91 bits per heavy atom. The first kappa shape index (κ1) is 20.3. The summed E-state index contributed by atoms with van der Waals surface area (Å²) in [4.78, 5) is 13.2. The van der Waals surface area contributed by atoms with Crippen LogP contribution in [-0.2, 0) is 6.54 Å². The number of thiocarbonyl (C=S) groups is 1. The first-order chi connectivity index (χ1) is 15.6. The second-order valence-corrected chi connectivity index (χ2v) is 8.41. The van der Waals surface area contributed by atoms with Gasteiger partial charge in [-0.25, -0.2) is 0 Å². The normalized spacial score (nSPS) is 12.5. The molecule has 5 rings (SSSR count). The SMILES string of the molecule is Cc1nnc2sc(-c3ccc(CNC(=S)NC(=O)c4ccc5c(c4)OCCO5)cc3)nn12. The van der Waals surface area contributed by atoms with Gasteiger partial charge in [-0.05, 0) is 42.9 Å². The summed E-state index contributed by atoms with van der Waals surface area (Å²) in [6.07, 6.45) is 0. The molecule has 32 heavy (non-hydrogen) atoms. The van der Waals surface area contributed by atoms with Crippen LogP contribution in [0, 0.1) is 6.92 Å². The zero-order valence-electron chi connectivity index (χ0n) is 17.0. The molecule has 0 atom stereocenters. The largest absolute Gasteiger partial charge is 0.486 e. The molecule has 4 aromatic rings. The number of carbonyl (C=O) groups is 1. The van der Waals surface area contributed by atoms with Gasteiger partial charge in [-0.15, -0.1) is 10.2 Å². The molecule has 0 spiro atoms. The highest BCUT2D eigenvalue weighted by molar-refractivity contribution is 7.80. The van der Waals surface area contributed by atoms with Gasteiger partial charge in [-0.3, -0.25) is 10.1 Å². The van der Waals surface area contributed by atoms with Gasteiger partial charge in [0.25, 0.3) is 5.91 Å². The van der Waals surface area contributed by atoms with Crippen molar-refractivity contribution in [2.24, 2.45) is 0 Å². The summed E-state index contributed by atoms with van der Waals surface area (Å²) in [5, 5.41) is 19.5. The minimum atomic E-state index is -0.312. The quantitative estimate of drug-likeness (QED) is 0.443. The van der Waals surface area contributed by atoms with E-state index in [0.717, 1.165) is 26.9 Å². The molecule has 0 unspecified atom stereocenters. The van der Waals surface area contributed by atoms with Crippen molar-refractivity contribution in [1.82, 2.24) is 30.4 Å². The molecule has 1 amide bonds. The zero-order valence-corrected chi connectivity index (χ0v) is 18.6. The molecule has 1 aliphatic rings. The lowest BCUT2D eigenvalue weighted by Gasteiger charge is -2.18. The predicted octanol–water partition coefficient (Wildman–Crippen LogP) is 2.74. The van der Waals surface area contributed by atoms with Crippen molar-refractivity contribution in [1.29, 1.82) is 0 Å². The van der Waals surface area contributed by atoms with E-state index in [-0.39, 0.29) is 11.0 Å². The molecular weight excluding hydrogens is 448 g/mol. The van der Waals surface area contributed by atoms with Crippen molar-refractivity contribution in [3.8, 4) is 22.1 Å². The standard InChI is InChI=1S/C21H18N6O3S2/c1-12-24-25-21-27(12)26-19(32-21)14-4-2-13(3-5-14)11-22-20(31)23-18(28)15-6-7-16-17(10-15)30-9-8-29-16/h2-7,10H,8-9,11H2,1H3,(H2,22,23,28,31). The number of hydrogen-bond acceptors (Lipinski definition) is 8. The molecule has 11 heteroatoms. The van der Waals surface area contributed by atoms with Gasteiger partial charge in [-0.2, -0.15) is 9.61 Å². The van der Waals surface area contributed by atoms with E-state index in [1.54, 1.807) is 22.7 Å². The van der Waals surface area contributed by atoms with Crippen LogP contribution < -0.4 is 20.1 Å². The van der Waals surface area contributed by atoms with Crippen molar-refractivity contribution < 1.29 is 14.3 Å². The van der Waals surface area contributed by atoms with Crippen LogP contribution >= 0.6 is 23.6 Å². The highest BCUT2D eigenvalue weighted by atomic mass is 32.1. The van der Waals surface area contributed by atoms with Crippen LogP contribution in [0.1, 0.15) is 21.7 Å². The van der Waals surface area contributed by atoms with Crippen LogP contribution in [-0.4, -0.2) is 44.0 Å². The van der Waals surface area contributed by atoms with Crippen LogP contribution in [0.4, 0.5) is 0 Å². The number of hydrogen-bond donors (Lipinski definition) is 2. The summed E-state index contributed by atoms with van der Waals surface area (Å²) in [5.74, 6) is 1.64. The summed E-state index contributed by atoms with van der Waals surface area (Å²) >= 11 is 6.76. The fraction of sp³-hybridized carbons (Fsp3) is 0.190. The lowest BCUT2D eigenvalue weighted by atomic mass is 10.1. The third kappa shape index (κ3) is 4.12. The third-order valence-electron chi connectivity index (χ3n) is 4.83. The third-order valence-corrected chi connectivity index (χ3v) is 6.03. The van der Waals surface area contributed by atoms with E-state index < -0.39 is 0 Å². The Morgan fingerprint density at radius 3 is 2.69 bits per heavy atom. The van der Waals surface area contributed by atoms with E-state index in [0.29, 0.717) is 36.8 Å². The number of benzene rings is 2. The summed E-state index contributed by atoms with van der Waals surface area (Å²) in [6, 6.07) is 13.0. The summed E-state index contributed by atoms with van der Waals surface area (Å²) in [6.45, 7) is 3.31. The molecule has 0 saturated heterocycles. The van der Waals surface area contributed by atoms with E-state index >= 15 is 0 Å². The Hall–Kier alpha value is -3.57. The Bertz CT molecular complexity index is 1320. The zero-order chi connectivity index (χ0) is 22.1. The Labute approximate surface area is 192 Å². The van der Waals surface area contributed by atoms with Gasteiger partial charge in [0, 0.05) is 17.7 Å². The summed E-state index contributed by atoms with van der Waals surface area (Å²) in [7, 11) is 0. The van der Waals surface area contributed by atoms with Crippen molar-refractivity contribution in [3.63, 3.8) is 0 Å². The highest BCUT2D eigenvalue weighted by Crippen LogP contribution is 2.30. The number of fused-ring (bicyclic) bond motifs is 2. The maximum absolute atomic E-state index is 12.5. The Morgan fingerprint density at radius 1 is 1.12 bits per heavy atom. The van der Waals surface area contributed by atoms with E-state index in [1.807, 2.05) is 31.2 Å².